The maximum atomic E-state index is 12.3. The highest BCUT2D eigenvalue weighted by Crippen LogP contribution is 2.12. The molecule has 2 amide bonds. The number of esters is 1. The molecule has 0 saturated heterocycles. The van der Waals surface area contributed by atoms with E-state index in [0.717, 1.165) is 10.9 Å². The van der Waals surface area contributed by atoms with Crippen molar-refractivity contribution in [3.8, 4) is 0 Å². The van der Waals surface area contributed by atoms with Gasteiger partial charge in [-0.2, -0.15) is 0 Å². The smallest absolute Gasteiger partial charge is 0.329 e. The maximum absolute atomic E-state index is 12.3. The van der Waals surface area contributed by atoms with Gasteiger partial charge in [-0.05, 0) is 43.5 Å². The van der Waals surface area contributed by atoms with Gasteiger partial charge in [0.2, 0.25) is 0 Å². The van der Waals surface area contributed by atoms with Crippen LogP contribution in [0, 0.1) is 5.92 Å². The van der Waals surface area contributed by atoms with Crippen molar-refractivity contribution < 1.29 is 19.1 Å². The van der Waals surface area contributed by atoms with Gasteiger partial charge in [0.05, 0.1) is 0 Å². The number of halogens is 1. The molecule has 2 atom stereocenters. The summed E-state index contributed by atoms with van der Waals surface area (Å²) in [6.07, 6.45) is 0.789. The zero-order valence-corrected chi connectivity index (χ0v) is 16.6. The molecule has 6 nitrogen and oxygen atoms in total. The normalized spacial score (nSPS) is 13.0. The van der Waals surface area contributed by atoms with Gasteiger partial charge in [0.15, 0.2) is 6.61 Å². The first-order valence-corrected chi connectivity index (χ1v) is 9.06. The second kappa shape index (κ2) is 10.2. The van der Waals surface area contributed by atoms with E-state index in [1.165, 1.54) is 0 Å². The summed E-state index contributed by atoms with van der Waals surface area (Å²) in [5.41, 5.74) is 0.441. The Morgan fingerprint density at radius 1 is 1.08 bits per heavy atom. The standard InChI is InChI=1S/C18H25BrN2O4/c1-5-12(4)20-15(22)10-25-18(24)16(11(2)3)21-17(23)13-6-8-14(19)9-7-13/h6-9,11-12,16H,5,10H2,1-4H3,(H,20,22)(H,21,23)/t12-,16+/m1/s1. The lowest BCUT2D eigenvalue weighted by atomic mass is 10.0. The Hall–Kier alpha value is -1.89. The highest BCUT2D eigenvalue weighted by molar-refractivity contribution is 9.10. The molecule has 0 radical (unpaired) electrons. The van der Waals surface area contributed by atoms with Crippen molar-refractivity contribution in [2.24, 2.45) is 5.92 Å². The fourth-order valence-electron chi connectivity index (χ4n) is 1.97. The Balaban J connectivity index is 2.63. The molecule has 0 bridgehead atoms. The fourth-order valence-corrected chi connectivity index (χ4v) is 2.23. The van der Waals surface area contributed by atoms with E-state index in [-0.39, 0.29) is 30.4 Å². The summed E-state index contributed by atoms with van der Waals surface area (Å²) in [4.78, 5) is 36.2. The van der Waals surface area contributed by atoms with Crippen LogP contribution < -0.4 is 10.6 Å². The number of hydrogen-bond acceptors (Lipinski definition) is 4. The van der Waals surface area contributed by atoms with E-state index in [4.69, 9.17) is 4.74 Å². The first kappa shape index (κ1) is 21.2. The molecule has 0 aromatic heterocycles. The lowest BCUT2D eigenvalue weighted by Gasteiger charge is -2.21. The molecule has 25 heavy (non-hydrogen) atoms. The molecule has 1 aromatic rings. The Bertz CT molecular complexity index is 602. The molecule has 0 aliphatic heterocycles. The summed E-state index contributed by atoms with van der Waals surface area (Å²) in [5, 5.41) is 5.38. The van der Waals surface area contributed by atoms with Crippen LogP contribution in [0.2, 0.25) is 0 Å². The molecule has 0 spiro atoms. The van der Waals surface area contributed by atoms with Gasteiger partial charge >= 0.3 is 5.97 Å². The number of benzene rings is 1. The summed E-state index contributed by atoms with van der Waals surface area (Å²) < 4.78 is 5.91. The third kappa shape index (κ3) is 7.25. The largest absolute Gasteiger partial charge is 0.454 e. The monoisotopic (exact) mass is 412 g/mol. The third-order valence-corrected chi connectivity index (χ3v) is 4.21. The third-order valence-electron chi connectivity index (χ3n) is 3.68. The van der Waals surface area contributed by atoms with E-state index in [0.29, 0.717) is 5.56 Å². The highest BCUT2D eigenvalue weighted by atomic mass is 79.9. The Labute approximate surface area is 156 Å². The van der Waals surface area contributed by atoms with Crippen LogP contribution in [0.15, 0.2) is 28.7 Å². The van der Waals surface area contributed by atoms with E-state index in [2.05, 4.69) is 26.6 Å². The van der Waals surface area contributed by atoms with Gasteiger partial charge in [0, 0.05) is 16.1 Å². The fraction of sp³-hybridized carbons (Fsp3) is 0.500. The van der Waals surface area contributed by atoms with E-state index in [9.17, 15) is 14.4 Å². The van der Waals surface area contributed by atoms with Gasteiger partial charge < -0.3 is 15.4 Å². The van der Waals surface area contributed by atoms with E-state index in [1.807, 2.05) is 13.8 Å². The van der Waals surface area contributed by atoms with Crippen molar-refractivity contribution in [1.82, 2.24) is 10.6 Å². The molecular formula is C18H25BrN2O4. The van der Waals surface area contributed by atoms with Gasteiger partial charge in [-0.25, -0.2) is 4.79 Å². The molecule has 0 heterocycles. The molecule has 0 aliphatic carbocycles. The molecule has 0 aliphatic rings. The molecule has 1 aromatic carbocycles. The number of ether oxygens (including phenoxy) is 1. The zero-order valence-electron chi connectivity index (χ0n) is 15.0. The molecule has 1 rings (SSSR count). The van der Waals surface area contributed by atoms with Gasteiger partial charge in [-0.1, -0.05) is 36.7 Å². The van der Waals surface area contributed by atoms with E-state index >= 15 is 0 Å². The lowest BCUT2D eigenvalue weighted by Crippen LogP contribution is -2.46. The van der Waals surface area contributed by atoms with Crippen LogP contribution in [0.1, 0.15) is 44.5 Å². The van der Waals surface area contributed by atoms with Crippen molar-refractivity contribution in [2.45, 2.75) is 46.2 Å². The first-order chi connectivity index (χ1) is 11.7. The number of nitrogens with one attached hydrogen (secondary N) is 2. The molecule has 7 heteroatoms. The lowest BCUT2D eigenvalue weighted by molar-refractivity contribution is -0.151. The van der Waals surface area contributed by atoms with Crippen molar-refractivity contribution in [3.05, 3.63) is 34.3 Å². The highest BCUT2D eigenvalue weighted by Gasteiger charge is 2.26. The number of rotatable bonds is 8. The molecule has 2 N–H and O–H groups in total. The molecular weight excluding hydrogens is 388 g/mol. The SMILES string of the molecule is CC[C@@H](C)NC(=O)COC(=O)[C@@H](NC(=O)c1ccc(Br)cc1)C(C)C. The average molecular weight is 413 g/mol. The van der Waals surface area contributed by atoms with Crippen molar-refractivity contribution in [2.75, 3.05) is 6.61 Å². The quantitative estimate of drug-likeness (QED) is 0.642. The van der Waals surface area contributed by atoms with E-state index in [1.54, 1.807) is 38.1 Å². The predicted molar refractivity (Wildman–Crippen MR) is 99.1 cm³/mol. The Morgan fingerprint density at radius 2 is 1.68 bits per heavy atom. The van der Waals surface area contributed by atoms with Crippen molar-refractivity contribution >= 4 is 33.7 Å². The Kier molecular flexibility index (Phi) is 8.61. The van der Waals surface area contributed by atoms with Crippen molar-refractivity contribution in [3.63, 3.8) is 0 Å². The van der Waals surface area contributed by atoms with Crippen LogP contribution in [0.25, 0.3) is 0 Å². The summed E-state index contributed by atoms with van der Waals surface area (Å²) in [6, 6.07) is 5.99. The summed E-state index contributed by atoms with van der Waals surface area (Å²) in [6.45, 7) is 7.05. The molecule has 0 unspecified atom stereocenters. The van der Waals surface area contributed by atoms with E-state index < -0.39 is 12.0 Å². The molecule has 0 saturated carbocycles. The summed E-state index contributed by atoms with van der Waals surface area (Å²) in [5.74, 6) is -1.53. The minimum atomic E-state index is -0.826. The zero-order chi connectivity index (χ0) is 19.0. The van der Waals surface area contributed by atoms with Crippen LogP contribution in [0.5, 0.6) is 0 Å². The number of hydrogen-bond donors (Lipinski definition) is 2. The first-order valence-electron chi connectivity index (χ1n) is 8.27. The van der Waals surface area contributed by atoms with Crippen LogP contribution in [0.4, 0.5) is 0 Å². The van der Waals surface area contributed by atoms with Crippen LogP contribution in [0.3, 0.4) is 0 Å². The number of carbonyl (C=O) groups is 3. The minimum absolute atomic E-state index is 0.0178. The van der Waals surface area contributed by atoms with Crippen molar-refractivity contribution in [1.29, 1.82) is 0 Å². The summed E-state index contributed by atoms with van der Waals surface area (Å²) >= 11 is 3.30. The van der Waals surface area contributed by atoms with Gasteiger partial charge in [-0.3, -0.25) is 9.59 Å². The van der Waals surface area contributed by atoms with Crippen LogP contribution in [-0.2, 0) is 14.3 Å². The number of carbonyl (C=O) groups excluding carboxylic acids is 3. The van der Waals surface area contributed by atoms with Crippen LogP contribution in [-0.4, -0.2) is 36.5 Å². The average Bonchev–Trinajstić information content (AvgIpc) is 2.57. The number of amides is 2. The topological polar surface area (TPSA) is 84.5 Å². The second-order valence-corrected chi connectivity index (χ2v) is 7.10. The second-order valence-electron chi connectivity index (χ2n) is 6.19. The maximum Gasteiger partial charge on any atom is 0.329 e. The predicted octanol–water partition coefficient (Wildman–Crippen LogP) is 2.66. The van der Waals surface area contributed by atoms with Crippen LogP contribution >= 0.6 is 15.9 Å². The van der Waals surface area contributed by atoms with Gasteiger partial charge in [0.1, 0.15) is 6.04 Å². The molecule has 138 valence electrons. The minimum Gasteiger partial charge on any atom is -0.454 e. The van der Waals surface area contributed by atoms with Gasteiger partial charge in [-0.15, -0.1) is 0 Å². The summed E-state index contributed by atoms with van der Waals surface area (Å²) in [7, 11) is 0. The van der Waals surface area contributed by atoms with Gasteiger partial charge in [0.25, 0.3) is 11.8 Å². The molecule has 0 fully saturated rings. The Morgan fingerprint density at radius 3 is 2.20 bits per heavy atom.